The van der Waals surface area contributed by atoms with Crippen LogP contribution >= 0.6 is 0 Å². The second kappa shape index (κ2) is 7.20. The number of aliphatic hydroxyl groups is 2. The van der Waals surface area contributed by atoms with Crippen LogP contribution in [0.5, 0.6) is 0 Å². The molecule has 3 N–H and O–H groups in total. The molecule has 0 fully saturated rings. The normalized spacial score (nSPS) is 11.0. The molecule has 1 aromatic carbocycles. The molecule has 0 aromatic heterocycles. The maximum atomic E-state index is 13.7. The number of aliphatic hydroxyl groups excluding tert-OH is 2. The first-order valence-corrected chi connectivity index (χ1v) is 6.46. The molecule has 120 valence electrons. The third-order valence-electron chi connectivity index (χ3n) is 3.17. The molecule has 2 amide bonds. The summed E-state index contributed by atoms with van der Waals surface area (Å²) in [6.07, 6.45) is 5.06. The second-order valence-corrected chi connectivity index (χ2v) is 5.37. The summed E-state index contributed by atoms with van der Waals surface area (Å²) in [5.74, 6) is 0.131. The molecule has 0 spiro atoms. The zero-order valence-electron chi connectivity index (χ0n) is 12.4. The largest absolute Gasteiger partial charge is 0.396 e. The Hall–Kier alpha value is -2.17. The summed E-state index contributed by atoms with van der Waals surface area (Å²) in [5, 5.41) is 20.5. The van der Waals surface area contributed by atoms with Crippen LogP contribution < -0.4 is 5.32 Å². The van der Waals surface area contributed by atoms with Gasteiger partial charge in [0, 0.05) is 24.6 Å². The zero-order valence-corrected chi connectivity index (χ0v) is 12.4. The predicted octanol–water partition coefficient (Wildman–Crippen LogP) is 1.40. The number of rotatable bonds is 5. The third kappa shape index (κ3) is 4.16. The van der Waals surface area contributed by atoms with Crippen molar-refractivity contribution < 1.29 is 23.8 Å². The lowest BCUT2D eigenvalue weighted by Crippen LogP contribution is -2.43. The molecule has 0 radical (unpaired) electrons. The van der Waals surface area contributed by atoms with E-state index in [1.54, 1.807) is 6.92 Å². The van der Waals surface area contributed by atoms with Crippen LogP contribution in [0.3, 0.4) is 0 Å². The number of terminal acetylenes is 1. The van der Waals surface area contributed by atoms with Crippen LogP contribution in [0, 0.1) is 29.4 Å². The molecule has 0 unspecified atom stereocenters. The van der Waals surface area contributed by atoms with Crippen molar-refractivity contribution in [2.45, 2.75) is 6.92 Å². The summed E-state index contributed by atoms with van der Waals surface area (Å²) in [4.78, 5) is 13.1. The van der Waals surface area contributed by atoms with E-state index in [1.165, 1.54) is 7.05 Å². The molecule has 0 aliphatic heterocycles. The quantitative estimate of drug-likeness (QED) is 0.720. The van der Waals surface area contributed by atoms with Gasteiger partial charge in [-0.1, -0.05) is 12.8 Å². The average molecular weight is 312 g/mol. The summed E-state index contributed by atoms with van der Waals surface area (Å²) in [7, 11) is 1.38. The van der Waals surface area contributed by atoms with Crippen LogP contribution in [0.4, 0.5) is 19.3 Å². The molecule has 1 rings (SSSR count). The van der Waals surface area contributed by atoms with Gasteiger partial charge in [-0.25, -0.2) is 13.6 Å². The van der Waals surface area contributed by atoms with E-state index in [1.807, 2.05) is 0 Å². The van der Waals surface area contributed by atoms with E-state index < -0.39 is 28.8 Å². The number of amides is 2. The first kappa shape index (κ1) is 17.9. The van der Waals surface area contributed by atoms with Gasteiger partial charge in [-0.15, -0.1) is 6.42 Å². The molecule has 5 nitrogen and oxygen atoms in total. The summed E-state index contributed by atoms with van der Waals surface area (Å²) in [6, 6.07) is 1.09. The Morgan fingerprint density at radius 3 is 2.27 bits per heavy atom. The van der Waals surface area contributed by atoms with Crippen LogP contribution in [0.2, 0.25) is 0 Å². The van der Waals surface area contributed by atoms with Gasteiger partial charge < -0.3 is 20.4 Å². The fourth-order valence-corrected chi connectivity index (χ4v) is 1.77. The highest BCUT2D eigenvalue weighted by atomic mass is 19.1. The van der Waals surface area contributed by atoms with Crippen molar-refractivity contribution in [3.05, 3.63) is 29.3 Å². The highest BCUT2D eigenvalue weighted by Gasteiger charge is 2.27. The number of nitrogens with zero attached hydrogens (tertiary/aromatic N) is 1. The molecule has 7 heteroatoms. The summed E-state index contributed by atoms with van der Waals surface area (Å²) in [5.41, 5.74) is -1.50. The molecule has 0 saturated carbocycles. The van der Waals surface area contributed by atoms with Gasteiger partial charge in [-0.2, -0.15) is 0 Å². The van der Waals surface area contributed by atoms with Gasteiger partial charge in [-0.3, -0.25) is 0 Å². The van der Waals surface area contributed by atoms with Gasteiger partial charge in [0.25, 0.3) is 0 Å². The maximum Gasteiger partial charge on any atom is 0.321 e. The molecule has 0 bridgehead atoms. The third-order valence-corrected chi connectivity index (χ3v) is 3.17. The minimum absolute atomic E-state index is 0.00247. The number of anilines is 1. The number of benzene rings is 1. The first-order chi connectivity index (χ1) is 10.3. The fourth-order valence-electron chi connectivity index (χ4n) is 1.77. The van der Waals surface area contributed by atoms with E-state index in [-0.39, 0.29) is 25.3 Å². The molecular formula is C15H18F2N2O3. The van der Waals surface area contributed by atoms with Crippen LogP contribution in [0.25, 0.3) is 0 Å². The van der Waals surface area contributed by atoms with Crippen molar-refractivity contribution in [3.8, 4) is 12.3 Å². The Labute approximate surface area is 127 Å². The Morgan fingerprint density at radius 2 is 1.86 bits per heavy atom. The van der Waals surface area contributed by atoms with Gasteiger partial charge in [0.1, 0.15) is 5.69 Å². The molecular weight excluding hydrogens is 294 g/mol. The van der Waals surface area contributed by atoms with E-state index in [9.17, 15) is 23.8 Å². The van der Waals surface area contributed by atoms with Crippen LogP contribution in [0.1, 0.15) is 12.5 Å². The topological polar surface area (TPSA) is 72.8 Å². The second-order valence-electron chi connectivity index (χ2n) is 5.37. The van der Waals surface area contributed by atoms with E-state index in [0.29, 0.717) is 0 Å². The van der Waals surface area contributed by atoms with E-state index in [0.717, 1.165) is 17.0 Å². The Balaban J connectivity index is 2.88. The highest BCUT2D eigenvalue weighted by molar-refractivity contribution is 5.89. The van der Waals surface area contributed by atoms with Gasteiger partial charge in [0.15, 0.2) is 11.6 Å². The standard InChI is InChI=1S/C15H18F2N2O3/c1-4-10-5-11(16)13(12(17)6-10)18-14(22)19(3)7-15(2,8-20)9-21/h1,5-6,20-21H,7-9H2,2-3H3,(H,18,22). The number of carbonyl (C=O) groups is 1. The van der Waals surface area contributed by atoms with Crippen molar-refractivity contribution in [2.75, 3.05) is 32.1 Å². The van der Waals surface area contributed by atoms with E-state index >= 15 is 0 Å². The minimum Gasteiger partial charge on any atom is -0.396 e. The Morgan fingerprint density at radius 1 is 1.36 bits per heavy atom. The number of urea groups is 1. The Bertz CT molecular complexity index is 572. The van der Waals surface area contributed by atoms with Crippen molar-refractivity contribution in [1.82, 2.24) is 4.90 Å². The van der Waals surface area contributed by atoms with Gasteiger partial charge in [0.05, 0.1) is 13.2 Å². The van der Waals surface area contributed by atoms with E-state index in [2.05, 4.69) is 11.2 Å². The van der Waals surface area contributed by atoms with Crippen molar-refractivity contribution in [2.24, 2.45) is 5.41 Å². The van der Waals surface area contributed by atoms with Crippen molar-refractivity contribution in [3.63, 3.8) is 0 Å². The molecule has 0 aliphatic carbocycles. The zero-order chi connectivity index (χ0) is 16.9. The van der Waals surface area contributed by atoms with Crippen molar-refractivity contribution in [1.29, 1.82) is 0 Å². The molecule has 0 heterocycles. The average Bonchev–Trinajstić information content (AvgIpc) is 2.49. The van der Waals surface area contributed by atoms with Crippen molar-refractivity contribution >= 4 is 11.7 Å². The van der Waals surface area contributed by atoms with Crippen LogP contribution in [-0.4, -0.2) is 48.0 Å². The van der Waals surface area contributed by atoms with Gasteiger partial charge in [0.2, 0.25) is 0 Å². The summed E-state index contributed by atoms with van der Waals surface area (Å²) in [6.45, 7) is 0.874. The maximum absolute atomic E-state index is 13.7. The lowest BCUT2D eigenvalue weighted by atomic mass is 9.92. The monoisotopic (exact) mass is 312 g/mol. The number of hydrogen-bond acceptors (Lipinski definition) is 3. The van der Waals surface area contributed by atoms with Crippen LogP contribution in [0.15, 0.2) is 12.1 Å². The summed E-state index contributed by atoms with van der Waals surface area (Å²) >= 11 is 0. The SMILES string of the molecule is C#Cc1cc(F)c(NC(=O)N(C)CC(C)(CO)CO)c(F)c1. The summed E-state index contributed by atoms with van der Waals surface area (Å²) < 4.78 is 27.5. The molecule has 0 atom stereocenters. The molecule has 0 aliphatic rings. The fraction of sp³-hybridized carbons (Fsp3) is 0.400. The molecule has 22 heavy (non-hydrogen) atoms. The molecule has 0 saturated heterocycles. The predicted molar refractivity (Wildman–Crippen MR) is 78.2 cm³/mol. The first-order valence-electron chi connectivity index (χ1n) is 6.46. The smallest absolute Gasteiger partial charge is 0.321 e. The molecule has 1 aromatic rings. The Kier molecular flexibility index (Phi) is 5.85. The van der Waals surface area contributed by atoms with Gasteiger partial charge >= 0.3 is 6.03 Å². The number of hydrogen-bond donors (Lipinski definition) is 3. The minimum atomic E-state index is -0.984. The highest BCUT2D eigenvalue weighted by Crippen LogP contribution is 2.22. The van der Waals surface area contributed by atoms with E-state index in [4.69, 9.17) is 6.42 Å². The van der Waals surface area contributed by atoms with Gasteiger partial charge in [-0.05, 0) is 12.1 Å². The van der Waals surface area contributed by atoms with Crippen LogP contribution in [-0.2, 0) is 0 Å². The lowest BCUT2D eigenvalue weighted by molar-refractivity contribution is 0.0509. The number of carbonyl (C=O) groups excluding carboxylic acids is 1. The number of halogens is 2. The lowest BCUT2D eigenvalue weighted by Gasteiger charge is -2.30. The number of nitrogens with one attached hydrogen (secondary N) is 1.